The lowest BCUT2D eigenvalue weighted by atomic mass is 10.0. The van der Waals surface area contributed by atoms with Gasteiger partial charge in [-0.25, -0.2) is 0 Å². The largest absolute Gasteiger partial charge is 0.493 e. The summed E-state index contributed by atoms with van der Waals surface area (Å²) in [5, 5.41) is 3.45. The van der Waals surface area contributed by atoms with Crippen LogP contribution >= 0.6 is 0 Å². The molecule has 3 nitrogen and oxygen atoms in total. The van der Waals surface area contributed by atoms with Crippen molar-refractivity contribution in [3.05, 3.63) is 53.9 Å². The van der Waals surface area contributed by atoms with Gasteiger partial charge in [0.05, 0.1) is 6.61 Å². The van der Waals surface area contributed by atoms with Gasteiger partial charge in [-0.3, -0.25) is 0 Å². The second-order valence-corrected chi connectivity index (χ2v) is 5.80. The fraction of sp³-hybridized carbons (Fsp3) is 0.412. The topological polar surface area (TPSA) is 26.2 Å². The molecule has 0 saturated carbocycles. The summed E-state index contributed by atoms with van der Waals surface area (Å²) in [6.45, 7) is 7.05. The van der Waals surface area contributed by atoms with Gasteiger partial charge in [0.25, 0.3) is 0 Å². The molecule has 1 aromatic heterocycles. The van der Waals surface area contributed by atoms with Crippen molar-refractivity contribution in [1.29, 1.82) is 0 Å². The van der Waals surface area contributed by atoms with Gasteiger partial charge in [-0.1, -0.05) is 32.0 Å². The van der Waals surface area contributed by atoms with E-state index in [1.165, 1.54) is 11.1 Å². The van der Waals surface area contributed by atoms with Crippen molar-refractivity contribution in [3.63, 3.8) is 0 Å². The molecule has 1 atom stereocenters. The van der Waals surface area contributed by atoms with E-state index in [0.717, 1.165) is 25.4 Å². The number of para-hydroxylation sites is 1. The second-order valence-electron chi connectivity index (χ2n) is 5.80. The van der Waals surface area contributed by atoms with Gasteiger partial charge >= 0.3 is 0 Å². The minimum atomic E-state index is 0.463. The summed E-state index contributed by atoms with van der Waals surface area (Å²) in [4.78, 5) is 0. The van der Waals surface area contributed by atoms with Gasteiger partial charge < -0.3 is 14.6 Å². The van der Waals surface area contributed by atoms with E-state index in [4.69, 9.17) is 4.74 Å². The second kappa shape index (κ2) is 5.71. The summed E-state index contributed by atoms with van der Waals surface area (Å²) in [6.07, 6.45) is 4.40. The van der Waals surface area contributed by atoms with Crippen molar-refractivity contribution in [1.82, 2.24) is 9.88 Å². The third-order valence-electron chi connectivity index (χ3n) is 3.76. The highest BCUT2D eigenvalue weighted by Crippen LogP contribution is 2.34. The molecule has 0 saturated heterocycles. The SMILES string of the molecule is CC(C)NCc1ccn(CC2COc3ccccc32)c1. The van der Waals surface area contributed by atoms with Crippen molar-refractivity contribution >= 4 is 0 Å². The Labute approximate surface area is 120 Å². The molecule has 3 rings (SSSR count). The zero-order valence-corrected chi connectivity index (χ0v) is 12.2. The zero-order valence-electron chi connectivity index (χ0n) is 12.2. The molecule has 1 aliphatic heterocycles. The van der Waals surface area contributed by atoms with E-state index in [-0.39, 0.29) is 0 Å². The lowest BCUT2D eigenvalue weighted by molar-refractivity contribution is 0.319. The fourth-order valence-electron chi connectivity index (χ4n) is 2.67. The van der Waals surface area contributed by atoms with Crippen LogP contribution in [-0.2, 0) is 13.1 Å². The Morgan fingerprint density at radius 1 is 1.30 bits per heavy atom. The standard InChI is InChI=1S/C17H22N2O/c1-13(2)18-9-14-7-8-19(10-14)11-15-12-20-17-6-4-3-5-16(15)17/h3-8,10,13,15,18H,9,11-12H2,1-2H3. The quantitative estimate of drug-likeness (QED) is 0.903. The average molecular weight is 270 g/mol. The molecule has 0 amide bonds. The van der Waals surface area contributed by atoms with Gasteiger partial charge in [0.1, 0.15) is 5.75 Å². The van der Waals surface area contributed by atoms with E-state index < -0.39 is 0 Å². The van der Waals surface area contributed by atoms with Crippen LogP contribution in [0.15, 0.2) is 42.7 Å². The van der Waals surface area contributed by atoms with Crippen LogP contribution in [0.4, 0.5) is 0 Å². The van der Waals surface area contributed by atoms with Crippen LogP contribution in [0.3, 0.4) is 0 Å². The Morgan fingerprint density at radius 2 is 2.15 bits per heavy atom. The van der Waals surface area contributed by atoms with E-state index in [1.54, 1.807) is 0 Å². The van der Waals surface area contributed by atoms with Crippen LogP contribution in [0.25, 0.3) is 0 Å². The molecule has 0 aliphatic carbocycles. The molecule has 1 aliphatic rings. The number of fused-ring (bicyclic) bond motifs is 1. The first-order valence-corrected chi connectivity index (χ1v) is 7.32. The molecule has 0 radical (unpaired) electrons. The molecular formula is C17H22N2O. The maximum atomic E-state index is 5.74. The maximum absolute atomic E-state index is 5.74. The van der Waals surface area contributed by atoms with Crippen LogP contribution in [0.2, 0.25) is 0 Å². The molecule has 1 unspecified atom stereocenters. The fourth-order valence-corrected chi connectivity index (χ4v) is 2.67. The van der Waals surface area contributed by atoms with Crippen LogP contribution < -0.4 is 10.1 Å². The minimum absolute atomic E-state index is 0.463. The van der Waals surface area contributed by atoms with Crippen molar-refractivity contribution < 1.29 is 4.74 Å². The van der Waals surface area contributed by atoms with E-state index in [0.29, 0.717) is 12.0 Å². The number of nitrogens with zero attached hydrogens (tertiary/aromatic N) is 1. The number of nitrogens with one attached hydrogen (secondary N) is 1. The summed E-state index contributed by atoms with van der Waals surface area (Å²) in [6, 6.07) is 11.1. The Balaban J connectivity index is 1.64. The number of rotatable bonds is 5. The molecule has 2 aromatic rings. The maximum Gasteiger partial charge on any atom is 0.122 e. The zero-order chi connectivity index (χ0) is 13.9. The molecule has 0 bridgehead atoms. The van der Waals surface area contributed by atoms with Crippen LogP contribution in [0, 0.1) is 0 Å². The van der Waals surface area contributed by atoms with Gasteiger partial charge in [-0.2, -0.15) is 0 Å². The lowest BCUT2D eigenvalue weighted by Crippen LogP contribution is -2.21. The minimum Gasteiger partial charge on any atom is -0.493 e. The number of aromatic nitrogens is 1. The average Bonchev–Trinajstić information content (AvgIpc) is 3.05. The molecule has 0 spiro atoms. The first-order valence-electron chi connectivity index (χ1n) is 7.32. The smallest absolute Gasteiger partial charge is 0.122 e. The summed E-state index contributed by atoms with van der Waals surface area (Å²) in [5.41, 5.74) is 2.67. The van der Waals surface area contributed by atoms with Gasteiger partial charge in [0.2, 0.25) is 0 Å². The van der Waals surface area contributed by atoms with E-state index in [9.17, 15) is 0 Å². The molecule has 2 heterocycles. The highest BCUT2D eigenvalue weighted by molar-refractivity contribution is 5.39. The molecule has 106 valence electrons. The molecule has 20 heavy (non-hydrogen) atoms. The molecule has 3 heteroatoms. The van der Waals surface area contributed by atoms with E-state index in [2.05, 4.69) is 60.4 Å². The lowest BCUT2D eigenvalue weighted by Gasteiger charge is -2.10. The Hall–Kier alpha value is -1.74. The predicted molar refractivity (Wildman–Crippen MR) is 81.1 cm³/mol. The molecule has 1 N–H and O–H groups in total. The summed E-state index contributed by atoms with van der Waals surface area (Å²) < 4.78 is 8.01. The van der Waals surface area contributed by atoms with Crippen molar-refractivity contribution in [2.75, 3.05) is 6.61 Å². The Kier molecular flexibility index (Phi) is 3.79. The van der Waals surface area contributed by atoms with Crippen LogP contribution in [-0.4, -0.2) is 17.2 Å². The van der Waals surface area contributed by atoms with Gasteiger partial charge in [-0.05, 0) is 17.7 Å². The van der Waals surface area contributed by atoms with Gasteiger partial charge in [0, 0.05) is 43.0 Å². The van der Waals surface area contributed by atoms with Crippen molar-refractivity contribution in [2.24, 2.45) is 0 Å². The van der Waals surface area contributed by atoms with Crippen molar-refractivity contribution in [3.8, 4) is 5.75 Å². The number of hydrogen-bond donors (Lipinski definition) is 1. The third-order valence-corrected chi connectivity index (χ3v) is 3.76. The molecule has 1 aromatic carbocycles. The summed E-state index contributed by atoms with van der Waals surface area (Å²) in [7, 11) is 0. The first kappa shape index (κ1) is 13.3. The molecular weight excluding hydrogens is 248 g/mol. The number of benzene rings is 1. The Bertz CT molecular complexity index is 574. The predicted octanol–water partition coefficient (Wildman–Crippen LogP) is 3.16. The van der Waals surface area contributed by atoms with Gasteiger partial charge in [-0.15, -0.1) is 0 Å². The van der Waals surface area contributed by atoms with Crippen molar-refractivity contribution in [2.45, 2.75) is 38.9 Å². The van der Waals surface area contributed by atoms with Crippen LogP contribution in [0.5, 0.6) is 5.75 Å². The van der Waals surface area contributed by atoms with E-state index in [1.807, 2.05) is 6.07 Å². The summed E-state index contributed by atoms with van der Waals surface area (Å²) >= 11 is 0. The highest BCUT2D eigenvalue weighted by atomic mass is 16.5. The molecule has 0 fully saturated rings. The first-order chi connectivity index (χ1) is 9.72. The van der Waals surface area contributed by atoms with Crippen LogP contribution in [0.1, 0.15) is 30.9 Å². The van der Waals surface area contributed by atoms with Gasteiger partial charge in [0.15, 0.2) is 0 Å². The number of ether oxygens (including phenoxy) is 1. The number of hydrogen-bond acceptors (Lipinski definition) is 2. The van der Waals surface area contributed by atoms with E-state index >= 15 is 0 Å². The monoisotopic (exact) mass is 270 g/mol. The Morgan fingerprint density at radius 3 is 3.00 bits per heavy atom. The summed E-state index contributed by atoms with van der Waals surface area (Å²) in [5.74, 6) is 1.51. The highest BCUT2D eigenvalue weighted by Gasteiger charge is 2.23. The normalized spacial score (nSPS) is 17.2. The third kappa shape index (κ3) is 2.88.